The molecule has 0 aliphatic heterocycles. The summed E-state index contributed by atoms with van der Waals surface area (Å²) in [5, 5.41) is 10.2. The third kappa shape index (κ3) is 6.40. The number of fused-ring (bicyclic) bond motifs is 6. The van der Waals surface area contributed by atoms with E-state index in [0.717, 1.165) is 17.1 Å². The molecule has 11 rings (SSSR count). The molecule has 0 amide bonds. The monoisotopic (exact) mass is 749 g/mol. The summed E-state index contributed by atoms with van der Waals surface area (Å²) in [6, 6.07) is 86.3. The number of anilines is 3. The van der Waals surface area contributed by atoms with E-state index >= 15 is 0 Å². The Morgan fingerprint density at radius 1 is 0.220 bits per heavy atom. The van der Waals surface area contributed by atoms with Gasteiger partial charge >= 0.3 is 0 Å². The maximum atomic E-state index is 2.38. The van der Waals surface area contributed by atoms with Gasteiger partial charge in [-0.05, 0) is 136 Å². The van der Waals surface area contributed by atoms with Crippen molar-refractivity contribution in [3.05, 3.63) is 237 Å². The number of nitrogens with zero attached hydrogens (tertiary/aromatic N) is 1. The van der Waals surface area contributed by atoms with Crippen molar-refractivity contribution in [1.29, 1.82) is 0 Å². The molecule has 0 radical (unpaired) electrons. The van der Waals surface area contributed by atoms with Crippen LogP contribution in [0.25, 0.3) is 87.6 Å². The molecular formula is C58H39N. The van der Waals surface area contributed by atoms with Crippen molar-refractivity contribution in [2.75, 3.05) is 4.90 Å². The SMILES string of the molecule is c1ccc(-c2ccc(N(c3ccc(-c4ccc5ccccc5c4)cc3)c3ccc(-c4ccc5ccc6ccc7ccccc7c6c5c4)cc3)cc2-c2ccccc2)cc1. The van der Waals surface area contributed by atoms with E-state index in [9.17, 15) is 0 Å². The fourth-order valence-electron chi connectivity index (χ4n) is 8.82. The average molecular weight is 750 g/mol. The molecule has 0 N–H and O–H groups in total. The first-order valence-corrected chi connectivity index (χ1v) is 20.3. The zero-order valence-corrected chi connectivity index (χ0v) is 32.5. The topological polar surface area (TPSA) is 3.24 Å². The molecule has 0 saturated carbocycles. The molecule has 1 heteroatoms. The Morgan fingerprint density at radius 2 is 0.678 bits per heavy atom. The second-order valence-electron chi connectivity index (χ2n) is 15.3. The van der Waals surface area contributed by atoms with E-state index < -0.39 is 0 Å². The molecule has 11 aromatic carbocycles. The fraction of sp³-hybridized carbons (Fsp3) is 0. The number of hydrogen-bond donors (Lipinski definition) is 0. The van der Waals surface area contributed by atoms with Crippen LogP contribution >= 0.6 is 0 Å². The van der Waals surface area contributed by atoms with Gasteiger partial charge in [-0.25, -0.2) is 0 Å². The van der Waals surface area contributed by atoms with Crippen LogP contribution in [-0.2, 0) is 0 Å². The van der Waals surface area contributed by atoms with E-state index in [0.29, 0.717) is 0 Å². The van der Waals surface area contributed by atoms with Crippen LogP contribution in [-0.4, -0.2) is 0 Å². The van der Waals surface area contributed by atoms with Gasteiger partial charge in [0.2, 0.25) is 0 Å². The number of hydrogen-bond acceptors (Lipinski definition) is 1. The zero-order chi connectivity index (χ0) is 39.1. The predicted octanol–water partition coefficient (Wildman–Crippen LogP) is 16.4. The standard InChI is InChI=1S/C58H39N/c1-3-12-43(13-4-1)54-36-35-53(39-56(54)44-14-5-2-6-15-44)59(51-31-27-41(28-32-51)49-25-19-40-11-7-8-17-48(40)37-49)52-33-29-42(30-34-52)50-26-22-46-21-24-47-23-20-45-16-9-10-18-55(45)58(47)57(46)38-50/h1-39H. The zero-order valence-electron chi connectivity index (χ0n) is 32.5. The summed E-state index contributed by atoms with van der Waals surface area (Å²) in [4.78, 5) is 2.38. The van der Waals surface area contributed by atoms with Crippen molar-refractivity contribution < 1.29 is 0 Å². The normalized spacial score (nSPS) is 11.4. The lowest BCUT2D eigenvalue weighted by atomic mass is 9.93. The van der Waals surface area contributed by atoms with Crippen LogP contribution in [0.15, 0.2) is 237 Å². The Hall–Kier alpha value is -7.74. The highest BCUT2D eigenvalue weighted by molar-refractivity contribution is 6.20. The molecule has 0 bridgehead atoms. The Balaban J connectivity index is 1.03. The molecule has 0 fully saturated rings. The van der Waals surface area contributed by atoms with Crippen molar-refractivity contribution in [2.45, 2.75) is 0 Å². The smallest absolute Gasteiger partial charge is 0.0468 e. The summed E-state index contributed by atoms with van der Waals surface area (Å²) in [6.45, 7) is 0. The van der Waals surface area contributed by atoms with Gasteiger partial charge in [0, 0.05) is 17.1 Å². The van der Waals surface area contributed by atoms with Gasteiger partial charge < -0.3 is 4.90 Å². The quantitative estimate of drug-likeness (QED) is 0.147. The summed E-state index contributed by atoms with van der Waals surface area (Å²) in [5.41, 5.74) is 12.9. The highest BCUT2D eigenvalue weighted by Crippen LogP contribution is 2.42. The van der Waals surface area contributed by atoms with Gasteiger partial charge in [0.1, 0.15) is 0 Å². The molecule has 0 aliphatic carbocycles. The van der Waals surface area contributed by atoms with Crippen molar-refractivity contribution in [3.8, 4) is 44.5 Å². The van der Waals surface area contributed by atoms with Crippen LogP contribution in [0.1, 0.15) is 0 Å². The second-order valence-corrected chi connectivity index (χ2v) is 15.3. The molecular weight excluding hydrogens is 711 g/mol. The molecule has 276 valence electrons. The van der Waals surface area contributed by atoms with E-state index in [1.54, 1.807) is 0 Å². The lowest BCUT2D eigenvalue weighted by molar-refractivity contribution is 1.28. The first-order chi connectivity index (χ1) is 29.2. The van der Waals surface area contributed by atoms with Gasteiger partial charge in [-0.3, -0.25) is 0 Å². The van der Waals surface area contributed by atoms with Gasteiger partial charge in [0.25, 0.3) is 0 Å². The largest absolute Gasteiger partial charge is 0.310 e. The van der Waals surface area contributed by atoms with E-state index in [4.69, 9.17) is 0 Å². The predicted molar refractivity (Wildman–Crippen MR) is 253 cm³/mol. The molecule has 0 aliphatic rings. The van der Waals surface area contributed by atoms with E-state index in [-0.39, 0.29) is 0 Å². The van der Waals surface area contributed by atoms with Gasteiger partial charge in [-0.2, -0.15) is 0 Å². The fourth-order valence-corrected chi connectivity index (χ4v) is 8.82. The Labute approximate surface area is 344 Å². The van der Waals surface area contributed by atoms with Crippen LogP contribution < -0.4 is 4.90 Å². The summed E-state index contributed by atoms with van der Waals surface area (Å²) in [6.07, 6.45) is 0. The Morgan fingerprint density at radius 3 is 1.34 bits per heavy atom. The number of benzene rings is 11. The van der Waals surface area contributed by atoms with Crippen LogP contribution in [0.3, 0.4) is 0 Å². The van der Waals surface area contributed by atoms with Gasteiger partial charge in [0.15, 0.2) is 0 Å². The molecule has 1 nitrogen and oxygen atoms in total. The number of rotatable bonds is 7. The molecule has 59 heavy (non-hydrogen) atoms. The molecule has 0 spiro atoms. The van der Waals surface area contributed by atoms with E-state index in [1.807, 2.05) is 0 Å². The maximum Gasteiger partial charge on any atom is 0.0468 e. The minimum Gasteiger partial charge on any atom is -0.310 e. The maximum absolute atomic E-state index is 2.38. The molecule has 0 saturated heterocycles. The van der Waals surface area contributed by atoms with Crippen molar-refractivity contribution in [2.24, 2.45) is 0 Å². The molecule has 0 atom stereocenters. The highest BCUT2D eigenvalue weighted by Gasteiger charge is 2.17. The molecule has 0 heterocycles. The summed E-state index contributed by atoms with van der Waals surface area (Å²) in [7, 11) is 0. The first kappa shape index (κ1) is 34.5. The van der Waals surface area contributed by atoms with Crippen LogP contribution in [0.4, 0.5) is 17.1 Å². The summed E-state index contributed by atoms with van der Waals surface area (Å²) >= 11 is 0. The Kier molecular flexibility index (Phi) is 8.56. The molecule has 0 unspecified atom stereocenters. The van der Waals surface area contributed by atoms with Crippen LogP contribution in [0.2, 0.25) is 0 Å². The Bertz CT molecular complexity index is 3290. The van der Waals surface area contributed by atoms with Crippen molar-refractivity contribution in [1.82, 2.24) is 0 Å². The van der Waals surface area contributed by atoms with Crippen LogP contribution in [0.5, 0.6) is 0 Å². The highest BCUT2D eigenvalue weighted by atomic mass is 15.1. The van der Waals surface area contributed by atoms with E-state index in [1.165, 1.54) is 87.6 Å². The van der Waals surface area contributed by atoms with Crippen molar-refractivity contribution >= 4 is 60.2 Å². The lowest BCUT2D eigenvalue weighted by Gasteiger charge is -2.27. The molecule has 0 aromatic heterocycles. The van der Waals surface area contributed by atoms with Gasteiger partial charge in [-0.15, -0.1) is 0 Å². The lowest BCUT2D eigenvalue weighted by Crippen LogP contribution is -2.10. The van der Waals surface area contributed by atoms with Crippen LogP contribution in [0, 0.1) is 0 Å². The second kappa shape index (κ2) is 14.6. The minimum atomic E-state index is 1.09. The molecule has 11 aromatic rings. The van der Waals surface area contributed by atoms with E-state index in [2.05, 4.69) is 241 Å². The average Bonchev–Trinajstić information content (AvgIpc) is 3.32. The third-order valence-corrected chi connectivity index (χ3v) is 11.8. The summed E-state index contributed by atoms with van der Waals surface area (Å²) < 4.78 is 0. The minimum absolute atomic E-state index is 1.09. The van der Waals surface area contributed by atoms with Gasteiger partial charge in [0.05, 0.1) is 0 Å². The van der Waals surface area contributed by atoms with Crippen molar-refractivity contribution in [3.63, 3.8) is 0 Å². The third-order valence-electron chi connectivity index (χ3n) is 11.8. The van der Waals surface area contributed by atoms with Gasteiger partial charge in [-0.1, -0.05) is 188 Å². The first-order valence-electron chi connectivity index (χ1n) is 20.3. The summed E-state index contributed by atoms with van der Waals surface area (Å²) in [5.74, 6) is 0.